The van der Waals surface area contributed by atoms with Gasteiger partial charge in [-0.2, -0.15) is 0 Å². The van der Waals surface area contributed by atoms with Crippen molar-refractivity contribution in [2.24, 2.45) is 0 Å². The highest BCUT2D eigenvalue weighted by Crippen LogP contribution is 2.23. The monoisotopic (exact) mass is 180 g/mol. The number of halogens is 1. The Morgan fingerprint density at radius 1 is 1.25 bits per heavy atom. The van der Waals surface area contributed by atoms with Crippen molar-refractivity contribution < 1.29 is 0 Å². The van der Waals surface area contributed by atoms with Gasteiger partial charge in [0.15, 0.2) is 0 Å². The van der Waals surface area contributed by atoms with Crippen LogP contribution < -0.4 is 5.32 Å². The summed E-state index contributed by atoms with van der Waals surface area (Å²) in [4.78, 5) is 0. The van der Waals surface area contributed by atoms with Crippen LogP contribution in [0.4, 0.5) is 0 Å². The molecule has 2 rings (SSSR count). The molecule has 1 fully saturated rings. The van der Waals surface area contributed by atoms with E-state index >= 15 is 0 Å². The third-order valence-electron chi connectivity index (χ3n) is 2.33. The first kappa shape index (κ1) is 8.09. The lowest BCUT2D eigenvalue weighted by Gasteiger charge is -2.07. The molecule has 1 aromatic carbocycles. The van der Waals surface area contributed by atoms with Gasteiger partial charge >= 0.3 is 0 Å². The van der Waals surface area contributed by atoms with Crippen molar-refractivity contribution in [2.75, 3.05) is 13.1 Å². The first-order valence-corrected chi connectivity index (χ1v) is 4.63. The molecule has 0 aromatic heterocycles. The first-order chi connectivity index (χ1) is 5.86. The van der Waals surface area contributed by atoms with Crippen molar-refractivity contribution in [3.05, 3.63) is 34.9 Å². The predicted molar refractivity (Wildman–Crippen MR) is 50.7 cm³/mol. The average molecular weight is 181 g/mol. The van der Waals surface area contributed by atoms with E-state index in [4.69, 9.17) is 11.6 Å². The summed E-state index contributed by atoms with van der Waals surface area (Å²) in [6.07, 6.45) is 1.20. The van der Waals surface area contributed by atoms with Crippen LogP contribution in [0.5, 0.6) is 0 Å². The highest BCUT2D eigenvalue weighted by Gasteiger charge is 2.16. The molecule has 1 aliphatic rings. The van der Waals surface area contributed by atoms with Gasteiger partial charge in [-0.15, -0.1) is 0 Å². The normalized spacial score (nSPS) is 22.9. The second-order valence-corrected chi connectivity index (χ2v) is 3.60. The second kappa shape index (κ2) is 3.46. The minimum atomic E-state index is 0.641. The van der Waals surface area contributed by atoms with Gasteiger partial charge < -0.3 is 0 Å². The molecule has 0 amide bonds. The quantitative estimate of drug-likeness (QED) is 0.631. The van der Waals surface area contributed by atoms with E-state index in [1.165, 1.54) is 12.0 Å². The summed E-state index contributed by atoms with van der Waals surface area (Å²) < 4.78 is 0. The van der Waals surface area contributed by atoms with E-state index in [0.717, 1.165) is 18.1 Å². The number of rotatable bonds is 1. The van der Waals surface area contributed by atoms with Gasteiger partial charge in [-0.3, -0.25) is 0 Å². The molecular weight excluding hydrogens is 170 g/mol. The Kier molecular flexibility index (Phi) is 2.33. The van der Waals surface area contributed by atoms with E-state index in [0.29, 0.717) is 5.92 Å². The molecule has 1 unspecified atom stereocenters. The summed E-state index contributed by atoms with van der Waals surface area (Å²) in [5, 5.41) is 5.14. The highest BCUT2D eigenvalue weighted by molar-refractivity contribution is 6.30. The molecule has 1 aliphatic heterocycles. The minimum Gasteiger partial charge on any atom is -0.241 e. The van der Waals surface area contributed by atoms with Crippen molar-refractivity contribution in [1.29, 1.82) is 0 Å². The van der Waals surface area contributed by atoms with Crippen molar-refractivity contribution in [1.82, 2.24) is 5.32 Å². The van der Waals surface area contributed by atoms with Gasteiger partial charge in [0.25, 0.3) is 0 Å². The minimum absolute atomic E-state index is 0.641. The van der Waals surface area contributed by atoms with Crippen LogP contribution in [0, 0.1) is 0 Å². The van der Waals surface area contributed by atoms with E-state index < -0.39 is 0 Å². The second-order valence-electron chi connectivity index (χ2n) is 3.17. The van der Waals surface area contributed by atoms with Crippen LogP contribution in [0.1, 0.15) is 17.9 Å². The van der Waals surface area contributed by atoms with Gasteiger partial charge in [0.1, 0.15) is 0 Å². The van der Waals surface area contributed by atoms with E-state index in [-0.39, 0.29) is 0 Å². The molecule has 0 saturated carbocycles. The Morgan fingerprint density at radius 2 is 2.00 bits per heavy atom. The average Bonchev–Trinajstić information content (AvgIpc) is 2.58. The van der Waals surface area contributed by atoms with Crippen LogP contribution in [0.3, 0.4) is 0 Å². The topological polar surface area (TPSA) is 14.1 Å². The van der Waals surface area contributed by atoms with Crippen molar-refractivity contribution in [2.45, 2.75) is 12.3 Å². The fourth-order valence-corrected chi connectivity index (χ4v) is 1.72. The maximum atomic E-state index is 5.79. The molecule has 1 aromatic rings. The molecule has 1 nitrogen and oxygen atoms in total. The lowest BCUT2D eigenvalue weighted by atomic mass is 9.99. The summed E-state index contributed by atoms with van der Waals surface area (Å²) in [6, 6.07) is 8.12. The Labute approximate surface area is 77.7 Å². The maximum absolute atomic E-state index is 5.79. The van der Waals surface area contributed by atoms with Crippen LogP contribution >= 0.6 is 11.6 Å². The molecular formula is C10H11ClN. The molecule has 0 bridgehead atoms. The van der Waals surface area contributed by atoms with Crippen LogP contribution in [-0.4, -0.2) is 13.1 Å². The number of hydrogen-bond donors (Lipinski definition) is 0. The maximum Gasteiger partial charge on any atom is 0.0406 e. The SMILES string of the molecule is Clc1ccc(C2CC[N]C2)cc1. The Morgan fingerprint density at radius 3 is 2.58 bits per heavy atom. The summed E-state index contributed by atoms with van der Waals surface area (Å²) in [5.74, 6) is 0.641. The molecule has 1 atom stereocenters. The van der Waals surface area contributed by atoms with Gasteiger partial charge in [0.2, 0.25) is 0 Å². The summed E-state index contributed by atoms with van der Waals surface area (Å²) in [6.45, 7) is 2.01. The number of nitrogens with zero attached hydrogens (tertiary/aromatic N) is 1. The predicted octanol–water partition coefficient (Wildman–Crippen LogP) is 2.43. The Balaban J connectivity index is 2.17. The molecule has 0 spiro atoms. The highest BCUT2D eigenvalue weighted by atomic mass is 35.5. The fraction of sp³-hybridized carbons (Fsp3) is 0.400. The standard InChI is InChI=1S/C10H11ClN/c11-10-3-1-8(2-4-10)9-5-6-12-7-9/h1-4,9H,5-7H2. The lowest BCUT2D eigenvalue weighted by molar-refractivity contribution is 0.759. The van der Waals surface area contributed by atoms with Crippen LogP contribution in [0.25, 0.3) is 0 Å². The molecule has 1 radical (unpaired) electrons. The smallest absolute Gasteiger partial charge is 0.0406 e. The van der Waals surface area contributed by atoms with E-state index in [1.54, 1.807) is 0 Å². The van der Waals surface area contributed by atoms with Crippen molar-refractivity contribution >= 4 is 11.6 Å². The number of hydrogen-bond acceptors (Lipinski definition) is 0. The molecule has 0 N–H and O–H groups in total. The Hall–Kier alpha value is -0.530. The zero-order valence-electron chi connectivity index (χ0n) is 6.83. The molecule has 12 heavy (non-hydrogen) atoms. The largest absolute Gasteiger partial charge is 0.241 e. The van der Waals surface area contributed by atoms with E-state index in [9.17, 15) is 0 Å². The summed E-state index contributed by atoms with van der Waals surface area (Å²) >= 11 is 5.79. The van der Waals surface area contributed by atoms with Gasteiger partial charge in [0.05, 0.1) is 0 Å². The van der Waals surface area contributed by atoms with Crippen molar-refractivity contribution in [3.63, 3.8) is 0 Å². The van der Waals surface area contributed by atoms with E-state index in [1.807, 2.05) is 12.1 Å². The summed E-state index contributed by atoms with van der Waals surface area (Å²) in [5.41, 5.74) is 1.38. The zero-order chi connectivity index (χ0) is 8.39. The first-order valence-electron chi connectivity index (χ1n) is 4.25. The van der Waals surface area contributed by atoms with Crippen LogP contribution in [-0.2, 0) is 0 Å². The fourth-order valence-electron chi connectivity index (χ4n) is 1.59. The summed E-state index contributed by atoms with van der Waals surface area (Å²) in [7, 11) is 0. The van der Waals surface area contributed by atoms with E-state index in [2.05, 4.69) is 17.4 Å². The lowest BCUT2D eigenvalue weighted by Crippen LogP contribution is -2.00. The zero-order valence-corrected chi connectivity index (χ0v) is 7.59. The van der Waals surface area contributed by atoms with Gasteiger partial charge in [-0.25, -0.2) is 5.32 Å². The molecule has 0 aliphatic carbocycles. The third kappa shape index (κ3) is 1.62. The van der Waals surface area contributed by atoms with Crippen LogP contribution in [0.2, 0.25) is 5.02 Å². The van der Waals surface area contributed by atoms with Crippen LogP contribution in [0.15, 0.2) is 24.3 Å². The Bertz CT molecular complexity index is 249. The molecule has 1 saturated heterocycles. The molecule has 2 heteroatoms. The van der Waals surface area contributed by atoms with Gasteiger partial charge in [-0.05, 0) is 30.0 Å². The molecule has 63 valence electrons. The molecule has 1 heterocycles. The number of benzene rings is 1. The van der Waals surface area contributed by atoms with Gasteiger partial charge in [0, 0.05) is 18.1 Å². The third-order valence-corrected chi connectivity index (χ3v) is 2.58. The van der Waals surface area contributed by atoms with Crippen molar-refractivity contribution in [3.8, 4) is 0 Å². The van der Waals surface area contributed by atoms with Gasteiger partial charge in [-0.1, -0.05) is 23.7 Å².